The van der Waals surface area contributed by atoms with Gasteiger partial charge in [0.2, 0.25) is 7.85 Å². The molecular formula is C20H16B2ClIN2O3. The van der Waals surface area contributed by atoms with E-state index in [0.29, 0.717) is 24.4 Å². The Morgan fingerprint density at radius 2 is 2.03 bits per heavy atom. The number of carbonyl (C=O) groups is 1. The highest BCUT2D eigenvalue weighted by molar-refractivity contribution is 14.1. The van der Waals surface area contributed by atoms with Crippen molar-refractivity contribution in [2.24, 2.45) is 0 Å². The molecule has 0 aliphatic rings. The van der Waals surface area contributed by atoms with Crippen molar-refractivity contribution in [3.05, 3.63) is 69.4 Å². The number of nitrogens with zero attached hydrogens (tertiary/aromatic N) is 2. The highest BCUT2D eigenvalue weighted by Gasteiger charge is 2.20. The number of rotatable bonds is 8. The van der Waals surface area contributed by atoms with Gasteiger partial charge in [0.1, 0.15) is 20.2 Å². The molecule has 0 bridgehead atoms. The first-order valence-electron chi connectivity index (χ1n) is 8.72. The van der Waals surface area contributed by atoms with Gasteiger partial charge < -0.3 is 4.74 Å². The number of fused-ring (bicyclic) bond motifs is 1. The Hall–Kier alpha value is -1.90. The Kier molecular flexibility index (Phi) is 7.69. The van der Waals surface area contributed by atoms with Crippen LogP contribution in [0, 0.1) is 3.57 Å². The molecule has 1 heterocycles. The number of benzene rings is 2. The summed E-state index contributed by atoms with van der Waals surface area (Å²) < 4.78 is 8.32. The molecule has 0 saturated carbocycles. The van der Waals surface area contributed by atoms with E-state index in [4.69, 9.17) is 36.9 Å². The zero-order chi connectivity index (χ0) is 20.8. The molecule has 0 aliphatic heterocycles. The lowest BCUT2D eigenvalue weighted by Crippen LogP contribution is -2.25. The molecular weight excluding hydrogens is 500 g/mol. The lowest BCUT2D eigenvalue weighted by molar-refractivity contribution is 0.155. The average molecular weight is 516 g/mol. The Morgan fingerprint density at radius 1 is 1.28 bits per heavy atom. The highest BCUT2D eigenvalue weighted by Crippen LogP contribution is 2.38. The minimum absolute atomic E-state index is 0.00720. The van der Waals surface area contributed by atoms with Gasteiger partial charge in [-0.15, -0.1) is 0 Å². The maximum absolute atomic E-state index is 11.9. The lowest BCUT2D eigenvalue weighted by Gasteiger charge is -2.25. The van der Waals surface area contributed by atoms with Crippen molar-refractivity contribution in [2.45, 2.75) is 6.61 Å². The molecule has 0 saturated heterocycles. The van der Waals surface area contributed by atoms with Crippen LogP contribution in [-0.4, -0.2) is 39.1 Å². The van der Waals surface area contributed by atoms with E-state index in [-0.39, 0.29) is 6.51 Å². The Bertz CT molecular complexity index is 1030. The summed E-state index contributed by atoms with van der Waals surface area (Å²) in [7, 11) is 11.2. The van der Waals surface area contributed by atoms with Crippen LogP contribution >= 0.6 is 34.2 Å². The fourth-order valence-electron chi connectivity index (χ4n) is 2.91. The molecule has 2 aromatic carbocycles. The number of ether oxygens (including phenoxy) is 1. The number of carbonyl (C=O) groups excluding carboxylic acids is 1. The Balaban J connectivity index is 2.10. The van der Waals surface area contributed by atoms with Crippen molar-refractivity contribution in [2.75, 3.05) is 18.1 Å². The molecule has 0 fully saturated rings. The summed E-state index contributed by atoms with van der Waals surface area (Å²) >= 11 is 7.88. The highest BCUT2D eigenvalue weighted by atomic mass is 127. The molecule has 3 rings (SSSR count). The first-order chi connectivity index (χ1) is 14.1. The summed E-state index contributed by atoms with van der Waals surface area (Å²) in [6.07, 6.45) is 3.36. The second kappa shape index (κ2) is 10.2. The molecule has 3 aromatic rings. The summed E-state index contributed by atoms with van der Waals surface area (Å²) in [6, 6.07) is 13.4. The first kappa shape index (κ1) is 21.8. The third-order valence-electron chi connectivity index (χ3n) is 4.18. The van der Waals surface area contributed by atoms with Gasteiger partial charge in [-0.25, -0.2) is 5.06 Å². The second-order valence-corrected chi connectivity index (χ2v) is 7.32. The molecule has 29 heavy (non-hydrogen) atoms. The standard InChI is InChI=1S/C20H16B2ClIN2O3/c21-13-29-26(9-4-8-23)16-11-17(28-12-14-5-2-1-3-6-14)19-15(18(16)24)7-10-25(19)20(22)27/h1-8,10-11H,9,12-13H2. The molecule has 0 spiro atoms. The van der Waals surface area contributed by atoms with E-state index in [1.807, 2.05) is 42.5 Å². The lowest BCUT2D eigenvalue weighted by atomic mass is 10.1. The molecule has 5 nitrogen and oxygen atoms in total. The molecule has 0 aliphatic carbocycles. The van der Waals surface area contributed by atoms with E-state index in [1.165, 1.54) is 10.1 Å². The fraction of sp³-hybridized carbons (Fsp3) is 0.150. The smallest absolute Gasteiger partial charge is 0.201 e. The van der Waals surface area contributed by atoms with Gasteiger partial charge in [0.15, 0.2) is 5.81 Å². The summed E-state index contributed by atoms with van der Waals surface area (Å²) in [5.41, 5.74) is 3.75. The van der Waals surface area contributed by atoms with Crippen LogP contribution in [0.25, 0.3) is 10.9 Å². The SMILES string of the molecule is [B]CON(CC=CCl)c1cc(OCc2ccccc2)c2c(ccn2C([B])=O)c1I. The number of hydrogen-bond donors (Lipinski definition) is 0. The maximum atomic E-state index is 11.9. The van der Waals surface area contributed by atoms with Crippen molar-refractivity contribution in [1.82, 2.24) is 4.57 Å². The predicted octanol–water partition coefficient (Wildman–Crippen LogP) is 4.58. The van der Waals surface area contributed by atoms with Crippen LogP contribution in [0.4, 0.5) is 10.5 Å². The largest absolute Gasteiger partial charge is 0.487 e. The number of hydroxylamine groups is 1. The average Bonchev–Trinajstić information content (AvgIpc) is 3.18. The molecule has 4 radical (unpaired) electrons. The third-order valence-corrected chi connectivity index (χ3v) is 5.49. The zero-order valence-corrected chi connectivity index (χ0v) is 18.3. The van der Waals surface area contributed by atoms with Crippen LogP contribution in [-0.2, 0) is 11.4 Å². The van der Waals surface area contributed by atoms with Crippen LogP contribution in [0.1, 0.15) is 5.56 Å². The molecule has 0 amide bonds. The maximum Gasteiger partial charge on any atom is 0.201 e. The Morgan fingerprint density at radius 3 is 2.69 bits per heavy atom. The third kappa shape index (κ3) is 4.99. The second-order valence-electron chi connectivity index (χ2n) is 5.99. The predicted molar refractivity (Wildman–Crippen MR) is 126 cm³/mol. The van der Waals surface area contributed by atoms with Gasteiger partial charge in [0, 0.05) is 33.3 Å². The molecule has 0 unspecified atom stereocenters. The van der Waals surface area contributed by atoms with Crippen LogP contribution in [0.5, 0.6) is 5.75 Å². The van der Waals surface area contributed by atoms with Gasteiger partial charge in [-0.2, -0.15) is 0 Å². The quantitative estimate of drug-likeness (QED) is 0.250. The summed E-state index contributed by atoms with van der Waals surface area (Å²) in [5, 5.41) is 2.43. The molecule has 1 aromatic heterocycles. The van der Waals surface area contributed by atoms with Crippen molar-refractivity contribution >= 4 is 72.3 Å². The van der Waals surface area contributed by atoms with E-state index in [0.717, 1.165) is 20.2 Å². The summed E-state index contributed by atoms with van der Waals surface area (Å²) in [6.45, 7) is 0.711. The normalized spacial score (nSPS) is 11.2. The molecule has 9 heteroatoms. The summed E-state index contributed by atoms with van der Waals surface area (Å²) in [5.74, 6) is -0.0863. The van der Waals surface area contributed by atoms with E-state index in [9.17, 15) is 4.79 Å². The first-order valence-corrected chi connectivity index (χ1v) is 10.2. The minimum Gasteiger partial charge on any atom is -0.487 e. The van der Waals surface area contributed by atoms with E-state index in [2.05, 4.69) is 22.6 Å². The van der Waals surface area contributed by atoms with Gasteiger partial charge in [-0.3, -0.25) is 14.2 Å². The summed E-state index contributed by atoms with van der Waals surface area (Å²) in [4.78, 5) is 17.5. The van der Waals surface area contributed by atoms with Crippen LogP contribution in [0.15, 0.2) is 60.3 Å². The number of hydrogen-bond acceptors (Lipinski definition) is 4. The van der Waals surface area contributed by atoms with E-state index in [1.54, 1.807) is 17.3 Å². The molecule has 144 valence electrons. The van der Waals surface area contributed by atoms with Crippen LogP contribution in [0.3, 0.4) is 0 Å². The van der Waals surface area contributed by atoms with E-state index >= 15 is 0 Å². The number of halogens is 2. The Labute approximate surface area is 190 Å². The molecule has 0 N–H and O–H groups in total. The molecule has 0 atom stereocenters. The van der Waals surface area contributed by atoms with Gasteiger partial charge >= 0.3 is 0 Å². The van der Waals surface area contributed by atoms with Crippen LogP contribution in [0.2, 0.25) is 0 Å². The monoisotopic (exact) mass is 516 g/mol. The number of anilines is 1. The van der Waals surface area contributed by atoms with Crippen molar-refractivity contribution in [1.29, 1.82) is 0 Å². The minimum atomic E-state index is -0.590. The van der Waals surface area contributed by atoms with Gasteiger partial charge in [0.25, 0.3) is 0 Å². The van der Waals surface area contributed by atoms with Gasteiger partial charge in [-0.1, -0.05) is 48.0 Å². The van der Waals surface area contributed by atoms with Crippen molar-refractivity contribution < 1.29 is 14.4 Å². The van der Waals surface area contributed by atoms with Gasteiger partial charge in [-0.05, 0) is 34.2 Å². The fourth-order valence-corrected chi connectivity index (χ4v) is 3.85. The van der Waals surface area contributed by atoms with Crippen LogP contribution < -0.4 is 9.80 Å². The van der Waals surface area contributed by atoms with Crippen molar-refractivity contribution in [3.63, 3.8) is 0 Å². The van der Waals surface area contributed by atoms with E-state index < -0.39 is 5.81 Å². The van der Waals surface area contributed by atoms with Gasteiger partial charge in [0.05, 0.1) is 17.7 Å². The zero-order valence-electron chi connectivity index (χ0n) is 15.4. The van der Waals surface area contributed by atoms with Crippen molar-refractivity contribution in [3.8, 4) is 5.75 Å². The number of aromatic nitrogens is 1. The topological polar surface area (TPSA) is 43.7 Å².